The monoisotopic (exact) mass is 242 g/mol. The number of hydrogen-bond acceptors (Lipinski definition) is 5. The molecule has 0 radical (unpaired) electrons. The smallest absolute Gasteiger partial charge is 0.229 e. The molecule has 5 heteroatoms. The normalized spacial score (nSPS) is 16.8. The van der Waals surface area contributed by atoms with Crippen LogP contribution in [0, 0.1) is 0 Å². The van der Waals surface area contributed by atoms with Crippen LogP contribution in [0.15, 0.2) is 4.52 Å². The first-order valence-corrected chi connectivity index (χ1v) is 6.20. The largest absolute Gasteiger partial charge is 0.393 e. The van der Waals surface area contributed by atoms with E-state index in [2.05, 4.69) is 10.1 Å². The summed E-state index contributed by atoms with van der Waals surface area (Å²) < 4.78 is 10.8. The van der Waals surface area contributed by atoms with Gasteiger partial charge in [-0.05, 0) is 26.7 Å². The highest BCUT2D eigenvalue weighted by molar-refractivity contribution is 4.99. The Balaban J connectivity index is 2.78. The summed E-state index contributed by atoms with van der Waals surface area (Å²) in [6, 6.07) is 0. The summed E-state index contributed by atoms with van der Waals surface area (Å²) in [7, 11) is 0. The molecule has 0 saturated heterocycles. The molecule has 1 heterocycles. The number of ether oxygens (including phenoxy) is 1. The van der Waals surface area contributed by atoms with Gasteiger partial charge < -0.3 is 14.4 Å². The van der Waals surface area contributed by atoms with Crippen LogP contribution in [-0.2, 0) is 16.8 Å². The van der Waals surface area contributed by atoms with Gasteiger partial charge in [-0.3, -0.25) is 0 Å². The Morgan fingerprint density at radius 2 is 2.12 bits per heavy atom. The quantitative estimate of drug-likeness (QED) is 0.792. The Kier molecular flexibility index (Phi) is 5.08. The van der Waals surface area contributed by atoms with E-state index in [9.17, 15) is 5.11 Å². The number of aromatic nitrogens is 2. The fourth-order valence-corrected chi connectivity index (χ4v) is 1.54. The molecule has 98 valence electrons. The van der Waals surface area contributed by atoms with E-state index in [0.29, 0.717) is 31.2 Å². The van der Waals surface area contributed by atoms with E-state index >= 15 is 0 Å². The lowest BCUT2D eigenvalue weighted by Crippen LogP contribution is -2.26. The molecule has 0 aromatic carbocycles. The Morgan fingerprint density at radius 1 is 1.41 bits per heavy atom. The fraction of sp³-hybridized carbons (Fsp3) is 0.833. The average molecular weight is 242 g/mol. The molecule has 1 rings (SSSR count). The van der Waals surface area contributed by atoms with Gasteiger partial charge in [0.15, 0.2) is 0 Å². The zero-order valence-electron chi connectivity index (χ0n) is 11.1. The van der Waals surface area contributed by atoms with Crippen LogP contribution in [-0.4, -0.2) is 28.0 Å². The molecule has 5 nitrogen and oxygen atoms in total. The molecule has 2 atom stereocenters. The van der Waals surface area contributed by atoms with Crippen LogP contribution in [0.25, 0.3) is 0 Å². The number of aliphatic hydroxyl groups excluding tert-OH is 1. The fourth-order valence-electron chi connectivity index (χ4n) is 1.54. The third kappa shape index (κ3) is 3.51. The standard InChI is InChI=1S/C12H22N2O3/c1-5-9(15)8-10-13-11(14-17-10)12(4,6-2)16-7-3/h9,15H,5-8H2,1-4H3. The second-order valence-corrected chi connectivity index (χ2v) is 4.30. The zero-order valence-corrected chi connectivity index (χ0v) is 11.1. The van der Waals surface area contributed by atoms with Crippen molar-refractivity contribution < 1.29 is 14.4 Å². The Morgan fingerprint density at radius 3 is 2.65 bits per heavy atom. The van der Waals surface area contributed by atoms with E-state index in [1.54, 1.807) is 0 Å². The lowest BCUT2D eigenvalue weighted by Gasteiger charge is -2.23. The SMILES string of the molecule is CCOC(C)(CC)c1noc(CC(O)CC)n1. The molecule has 0 aliphatic heterocycles. The maximum absolute atomic E-state index is 9.52. The van der Waals surface area contributed by atoms with Gasteiger partial charge in [0.05, 0.1) is 12.5 Å². The first kappa shape index (κ1) is 14.1. The summed E-state index contributed by atoms with van der Waals surface area (Å²) in [4.78, 5) is 4.30. The van der Waals surface area contributed by atoms with Crippen LogP contribution in [0.4, 0.5) is 0 Å². The van der Waals surface area contributed by atoms with Gasteiger partial charge in [0.1, 0.15) is 5.60 Å². The van der Waals surface area contributed by atoms with Crippen molar-refractivity contribution in [3.05, 3.63) is 11.7 Å². The summed E-state index contributed by atoms with van der Waals surface area (Å²) in [5, 5.41) is 13.5. The van der Waals surface area contributed by atoms with E-state index in [1.807, 2.05) is 27.7 Å². The molecule has 0 saturated carbocycles. The van der Waals surface area contributed by atoms with Crippen molar-refractivity contribution in [3.63, 3.8) is 0 Å². The van der Waals surface area contributed by atoms with Gasteiger partial charge in [0.25, 0.3) is 0 Å². The minimum absolute atomic E-state index is 0.398. The molecule has 0 aliphatic rings. The first-order chi connectivity index (χ1) is 8.05. The van der Waals surface area contributed by atoms with Gasteiger partial charge in [0, 0.05) is 6.61 Å². The Hall–Kier alpha value is -0.940. The van der Waals surface area contributed by atoms with E-state index in [0.717, 1.165) is 6.42 Å². The van der Waals surface area contributed by atoms with Gasteiger partial charge >= 0.3 is 0 Å². The molecule has 0 fully saturated rings. The molecule has 17 heavy (non-hydrogen) atoms. The first-order valence-electron chi connectivity index (χ1n) is 6.20. The molecule has 1 aromatic heterocycles. The van der Waals surface area contributed by atoms with Gasteiger partial charge in [-0.15, -0.1) is 0 Å². The van der Waals surface area contributed by atoms with Crippen LogP contribution >= 0.6 is 0 Å². The summed E-state index contributed by atoms with van der Waals surface area (Å²) in [5.74, 6) is 1.02. The lowest BCUT2D eigenvalue weighted by molar-refractivity contribution is -0.0403. The van der Waals surface area contributed by atoms with Crippen molar-refractivity contribution in [1.29, 1.82) is 0 Å². The highest BCUT2D eigenvalue weighted by Gasteiger charge is 2.31. The number of nitrogens with zero attached hydrogens (tertiary/aromatic N) is 2. The summed E-state index contributed by atoms with van der Waals surface area (Å²) in [5.41, 5.74) is -0.506. The minimum atomic E-state index is -0.506. The lowest BCUT2D eigenvalue weighted by atomic mass is 10.0. The highest BCUT2D eigenvalue weighted by atomic mass is 16.5. The van der Waals surface area contributed by atoms with Crippen LogP contribution in [0.2, 0.25) is 0 Å². The van der Waals surface area contributed by atoms with Crippen molar-refractivity contribution in [2.24, 2.45) is 0 Å². The Labute approximate surface area is 102 Å². The van der Waals surface area contributed by atoms with Crippen molar-refractivity contribution in [3.8, 4) is 0 Å². The second kappa shape index (κ2) is 6.12. The zero-order chi connectivity index (χ0) is 12.9. The number of aliphatic hydroxyl groups is 1. The van der Waals surface area contributed by atoms with Gasteiger partial charge in [-0.1, -0.05) is 19.0 Å². The van der Waals surface area contributed by atoms with E-state index in [1.165, 1.54) is 0 Å². The average Bonchev–Trinajstić information content (AvgIpc) is 2.78. The molecule has 0 amide bonds. The van der Waals surface area contributed by atoms with E-state index in [-0.39, 0.29) is 0 Å². The van der Waals surface area contributed by atoms with Gasteiger partial charge in [0.2, 0.25) is 11.7 Å². The summed E-state index contributed by atoms with van der Waals surface area (Å²) >= 11 is 0. The van der Waals surface area contributed by atoms with Crippen LogP contribution in [0.3, 0.4) is 0 Å². The van der Waals surface area contributed by atoms with Crippen molar-refractivity contribution in [2.75, 3.05) is 6.61 Å². The minimum Gasteiger partial charge on any atom is -0.393 e. The van der Waals surface area contributed by atoms with Crippen LogP contribution in [0.1, 0.15) is 52.3 Å². The van der Waals surface area contributed by atoms with Crippen molar-refractivity contribution in [1.82, 2.24) is 10.1 Å². The number of rotatable bonds is 7. The van der Waals surface area contributed by atoms with Gasteiger partial charge in [-0.25, -0.2) is 0 Å². The highest BCUT2D eigenvalue weighted by Crippen LogP contribution is 2.26. The second-order valence-electron chi connectivity index (χ2n) is 4.30. The van der Waals surface area contributed by atoms with E-state index < -0.39 is 11.7 Å². The third-order valence-electron chi connectivity index (χ3n) is 2.96. The maximum atomic E-state index is 9.52. The number of hydrogen-bond donors (Lipinski definition) is 1. The van der Waals surface area contributed by atoms with E-state index in [4.69, 9.17) is 9.26 Å². The molecule has 0 bridgehead atoms. The van der Waals surface area contributed by atoms with Crippen LogP contribution < -0.4 is 0 Å². The third-order valence-corrected chi connectivity index (χ3v) is 2.96. The predicted molar refractivity (Wildman–Crippen MR) is 63.6 cm³/mol. The summed E-state index contributed by atoms with van der Waals surface area (Å²) in [6.45, 7) is 8.42. The topological polar surface area (TPSA) is 68.4 Å². The molecular formula is C12H22N2O3. The molecule has 1 N–H and O–H groups in total. The molecule has 1 aromatic rings. The maximum Gasteiger partial charge on any atom is 0.229 e. The van der Waals surface area contributed by atoms with Crippen molar-refractivity contribution >= 4 is 0 Å². The van der Waals surface area contributed by atoms with Gasteiger partial charge in [-0.2, -0.15) is 4.98 Å². The molecular weight excluding hydrogens is 220 g/mol. The van der Waals surface area contributed by atoms with Crippen LogP contribution in [0.5, 0.6) is 0 Å². The molecule has 0 aliphatic carbocycles. The van der Waals surface area contributed by atoms with Crippen molar-refractivity contribution in [2.45, 2.75) is 58.7 Å². The summed E-state index contributed by atoms with van der Waals surface area (Å²) in [6.07, 6.45) is 1.42. The Bertz CT molecular complexity index is 340. The predicted octanol–water partition coefficient (Wildman–Crippen LogP) is 2.04. The molecule has 2 unspecified atom stereocenters. The molecule has 0 spiro atoms.